The lowest BCUT2D eigenvalue weighted by Gasteiger charge is -2.16. The molecule has 0 aromatic carbocycles. The van der Waals surface area contributed by atoms with E-state index in [9.17, 15) is 0 Å². The fourth-order valence-electron chi connectivity index (χ4n) is 2.48. The zero-order chi connectivity index (χ0) is 14.4. The van der Waals surface area contributed by atoms with E-state index in [1.165, 1.54) is 24.9 Å². The highest BCUT2D eigenvalue weighted by molar-refractivity contribution is 6.77. The van der Waals surface area contributed by atoms with Crippen molar-refractivity contribution < 1.29 is 0 Å². The maximum atomic E-state index is 2.45. The molecule has 0 N–H and O–H groups in total. The van der Waals surface area contributed by atoms with Gasteiger partial charge < -0.3 is 0 Å². The quantitative estimate of drug-likeness (QED) is 0.290. The molecular weight excluding hydrogens is 248 g/mol. The summed E-state index contributed by atoms with van der Waals surface area (Å²) in [5, 5.41) is 0. The Bertz CT molecular complexity index is 266. The van der Waals surface area contributed by atoms with E-state index in [1.807, 2.05) is 0 Å². The van der Waals surface area contributed by atoms with Crippen molar-refractivity contribution in [2.24, 2.45) is 0 Å². The highest BCUT2D eigenvalue weighted by Crippen LogP contribution is 2.18. The van der Waals surface area contributed by atoms with Crippen LogP contribution in [0.15, 0.2) is 23.3 Å². The van der Waals surface area contributed by atoms with Crippen molar-refractivity contribution >= 4 is 16.1 Å². The average Bonchev–Trinajstić information content (AvgIpc) is 2.06. The number of hydrogen-bond donors (Lipinski definition) is 0. The van der Waals surface area contributed by atoms with E-state index in [2.05, 4.69) is 65.3 Å². The Morgan fingerprint density at radius 3 is 1.17 bits per heavy atom. The highest BCUT2D eigenvalue weighted by Gasteiger charge is 2.13. The van der Waals surface area contributed by atoms with Crippen LogP contribution in [0.25, 0.3) is 0 Å². The lowest BCUT2D eigenvalue weighted by molar-refractivity contribution is 1.01. The Kier molecular flexibility index (Phi) is 7.45. The molecule has 0 bridgehead atoms. The van der Waals surface area contributed by atoms with Crippen molar-refractivity contribution in [2.45, 2.75) is 78.1 Å². The number of rotatable bonds is 7. The van der Waals surface area contributed by atoms with E-state index in [0.29, 0.717) is 0 Å². The smallest absolute Gasteiger partial charge is 0.0483 e. The first-order valence-electron chi connectivity index (χ1n) is 7.31. The summed E-state index contributed by atoms with van der Waals surface area (Å²) in [6.07, 6.45) is 7.35. The van der Waals surface area contributed by atoms with Gasteiger partial charge in [0.05, 0.1) is 0 Å². The van der Waals surface area contributed by atoms with E-state index < -0.39 is 16.1 Å². The van der Waals surface area contributed by atoms with Crippen LogP contribution in [-0.2, 0) is 0 Å². The molecular formula is C16H34Si2. The van der Waals surface area contributed by atoms with Crippen LogP contribution in [-0.4, -0.2) is 16.1 Å². The van der Waals surface area contributed by atoms with E-state index in [0.717, 1.165) is 0 Å². The molecule has 2 heteroatoms. The van der Waals surface area contributed by atoms with Gasteiger partial charge >= 0.3 is 0 Å². The van der Waals surface area contributed by atoms with Gasteiger partial charge in [0.25, 0.3) is 0 Å². The SMILES string of the molecule is C/C(=C/CC/C=C(/C)C[Si](C)(C)C)C[Si](C)(C)C. The second-order valence-electron chi connectivity index (χ2n) is 8.15. The van der Waals surface area contributed by atoms with Crippen molar-refractivity contribution in [1.29, 1.82) is 0 Å². The Balaban J connectivity index is 4.05. The van der Waals surface area contributed by atoms with Crippen LogP contribution in [0.1, 0.15) is 26.7 Å². The first-order chi connectivity index (χ1) is 7.99. The van der Waals surface area contributed by atoms with Crippen LogP contribution in [0, 0.1) is 0 Å². The minimum absolute atomic E-state index is 0.912. The van der Waals surface area contributed by atoms with Gasteiger partial charge in [-0.1, -0.05) is 62.6 Å². The molecule has 0 saturated carbocycles. The van der Waals surface area contributed by atoms with Gasteiger partial charge in [-0.2, -0.15) is 0 Å². The topological polar surface area (TPSA) is 0 Å². The van der Waals surface area contributed by atoms with Gasteiger partial charge in [-0.25, -0.2) is 0 Å². The van der Waals surface area contributed by atoms with Gasteiger partial charge in [0.2, 0.25) is 0 Å². The Hall–Kier alpha value is -0.0862. The molecule has 0 aliphatic rings. The summed E-state index contributed by atoms with van der Waals surface area (Å²) < 4.78 is 0. The molecule has 0 aliphatic carbocycles. The molecule has 0 amide bonds. The molecule has 0 atom stereocenters. The average molecular weight is 283 g/mol. The standard InChI is InChI=1S/C16H34Si2/c1-15(13-17(3,4)5)11-9-10-12-16(2)14-18(6,7)8/h11-12H,9-10,13-14H2,1-8H3/b15-11-,16-12-. The minimum Gasteiger partial charge on any atom is -0.0856 e. The minimum atomic E-state index is -0.912. The van der Waals surface area contributed by atoms with Gasteiger partial charge in [0.15, 0.2) is 0 Å². The number of allylic oxidation sites excluding steroid dienone is 4. The van der Waals surface area contributed by atoms with Crippen LogP contribution < -0.4 is 0 Å². The Morgan fingerprint density at radius 1 is 0.667 bits per heavy atom. The molecule has 0 aliphatic heterocycles. The van der Waals surface area contributed by atoms with Crippen molar-refractivity contribution in [2.75, 3.05) is 0 Å². The van der Waals surface area contributed by atoms with E-state index >= 15 is 0 Å². The van der Waals surface area contributed by atoms with E-state index in [1.54, 1.807) is 11.1 Å². The summed E-state index contributed by atoms with van der Waals surface area (Å²) in [5.74, 6) is 0. The summed E-state index contributed by atoms with van der Waals surface area (Å²) in [6.45, 7) is 19.3. The maximum absolute atomic E-state index is 2.45. The Labute approximate surface area is 118 Å². The van der Waals surface area contributed by atoms with Crippen molar-refractivity contribution in [1.82, 2.24) is 0 Å². The molecule has 0 fully saturated rings. The Morgan fingerprint density at radius 2 is 0.944 bits per heavy atom. The van der Waals surface area contributed by atoms with Gasteiger partial charge in [-0.3, -0.25) is 0 Å². The van der Waals surface area contributed by atoms with Crippen molar-refractivity contribution in [3.05, 3.63) is 23.3 Å². The van der Waals surface area contributed by atoms with Crippen molar-refractivity contribution in [3.8, 4) is 0 Å². The first-order valence-corrected chi connectivity index (χ1v) is 14.7. The lowest BCUT2D eigenvalue weighted by atomic mass is 10.2. The van der Waals surface area contributed by atoms with Crippen LogP contribution in [0.3, 0.4) is 0 Å². The van der Waals surface area contributed by atoms with Crippen LogP contribution in [0.5, 0.6) is 0 Å². The zero-order valence-electron chi connectivity index (χ0n) is 14.0. The predicted molar refractivity (Wildman–Crippen MR) is 93.1 cm³/mol. The third-order valence-electron chi connectivity index (χ3n) is 2.77. The normalized spacial score (nSPS) is 15.1. The van der Waals surface area contributed by atoms with Gasteiger partial charge in [-0.15, -0.1) is 0 Å². The lowest BCUT2D eigenvalue weighted by Crippen LogP contribution is -2.19. The van der Waals surface area contributed by atoms with E-state index in [4.69, 9.17) is 0 Å². The molecule has 0 spiro atoms. The predicted octanol–water partition coefficient (Wildman–Crippen LogP) is 6.34. The summed E-state index contributed by atoms with van der Waals surface area (Å²) in [7, 11) is -1.82. The number of hydrogen-bond acceptors (Lipinski definition) is 0. The molecule has 0 rings (SSSR count). The van der Waals surface area contributed by atoms with Crippen molar-refractivity contribution in [3.63, 3.8) is 0 Å². The third-order valence-corrected chi connectivity index (χ3v) is 6.01. The molecule has 0 aromatic heterocycles. The molecule has 0 saturated heterocycles. The summed E-state index contributed by atoms with van der Waals surface area (Å²) >= 11 is 0. The summed E-state index contributed by atoms with van der Waals surface area (Å²) in [6, 6.07) is 2.70. The molecule has 18 heavy (non-hydrogen) atoms. The van der Waals surface area contributed by atoms with E-state index in [-0.39, 0.29) is 0 Å². The van der Waals surface area contributed by atoms with Crippen LogP contribution in [0.2, 0.25) is 51.4 Å². The van der Waals surface area contributed by atoms with Crippen LogP contribution >= 0.6 is 0 Å². The second-order valence-corrected chi connectivity index (χ2v) is 19.1. The monoisotopic (exact) mass is 282 g/mol. The summed E-state index contributed by atoms with van der Waals surface area (Å²) in [4.78, 5) is 0. The van der Waals surface area contributed by atoms with Gasteiger partial charge in [0.1, 0.15) is 0 Å². The fraction of sp³-hybridized carbons (Fsp3) is 0.750. The number of unbranched alkanes of at least 4 members (excludes halogenated alkanes) is 1. The molecule has 106 valence electrons. The third kappa shape index (κ3) is 12.4. The zero-order valence-corrected chi connectivity index (χ0v) is 16.0. The summed E-state index contributed by atoms with van der Waals surface area (Å²) in [5.41, 5.74) is 3.20. The largest absolute Gasteiger partial charge is 0.0856 e. The second kappa shape index (κ2) is 7.49. The molecule has 0 heterocycles. The maximum Gasteiger partial charge on any atom is 0.0483 e. The molecule has 0 radical (unpaired) electrons. The van der Waals surface area contributed by atoms with Gasteiger partial charge in [-0.05, 0) is 38.8 Å². The molecule has 0 nitrogen and oxygen atoms in total. The fourth-order valence-corrected chi connectivity index (χ4v) is 6.11. The first kappa shape index (κ1) is 17.9. The van der Waals surface area contributed by atoms with Crippen LogP contribution in [0.4, 0.5) is 0 Å². The van der Waals surface area contributed by atoms with Gasteiger partial charge in [0, 0.05) is 16.1 Å². The highest BCUT2D eigenvalue weighted by atomic mass is 28.3. The molecule has 0 unspecified atom stereocenters. The molecule has 0 aromatic rings.